The normalized spacial score (nSPS) is 10.2. The predicted molar refractivity (Wildman–Crippen MR) is 79.0 cm³/mol. The fourth-order valence-corrected chi connectivity index (χ4v) is 2.15. The first-order valence-electron chi connectivity index (χ1n) is 6.70. The van der Waals surface area contributed by atoms with Crippen molar-refractivity contribution in [2.24, 2.45) is 0 Å². The summed E-state index contributed by atoms with van der Waals surface area (Å²) in [6.07, 6.45) is 0.776. The van der Waals surface area contributed by atoms with Crippen molar-refractivity contribution in [3.63, 3.8) is 0 Å². The number of hydrogen-bond donors (Lipinski definition) is 0. The molecule has 0 saturated heterocycles. The van der Waals surface area contributed by atoms with Gasteiger partial charge in [0.1, 0.15) is 6.54 Å². The fraction of sp³-hybridized carbons (Fsp3) is 0.467. The number of carbonyl (C=O) groups is 2. The Labute approximate surface area is 124 Å². The molecule has 0 aliphatic heterocycles. The Hall–Kier alpha value is -1.55. The standard InChI is InChI=1S/C15H20ClNO3/c1-4-8-17(10-14(18)20-5-2)15(19)13-7-6-12(16)9-11(13)3/h6-7,9H,4-5,8,10H2,1-3H3. The first kappa shape index (κ1) is 16.5. The van der Waals surface area contributed by atoms with Crippen LogP contribution in [0, 0.1) is 6.92 Å². The molecule has 0 saturated carbocycles. The van der Waals surface area contributed by atoms with Crippen LogP contribution in [0.2, 0.25) is 5.02 Å². The SMILES string of the molecule is CCCN(CC(=O)OCC)C(=O)c1ccc(Cl)cc1C. The van der Waals surface area contributed by atoms with Gasteiger partial charge in [-0.15, -0.1) is 0 Å². The second kappa shape index (κ2) is 7.90. The van der Waals surface area contributed by atoms with Gasteiger partial charge in [-0.1, -0.05) is 18.5 Å². The summed E-state index contributed by atoms with van der Waals surface area (Å²) in [7, 11) is 0. The lowest BCUT2D eigenvalue weighted by Gasteiger charge is -2.22. The molecule has 0 N–H and O–H groups in total. The average Bonchev–Trinajstić information content (AvgIpc) is 2.38. The number of benzene rings is 1. The van der Waals surface area contributed by atoms with Crippen molar-refractivity contribution in [3.05, 3.63) is 34.3 Å². The molecule has 0 spiro atoms. The van der Waals surface area contributed by atoms with Crippen LogP contribution < -0.4 is 0 Å². The number of aryl methyl sites for hydroxylation is 1. The second-order valence-electron chi connectivity index (χ2n) is 4.49. The number of rotatable bonds is 6. The van der Waals surface area contributed by atoms with E-state index in [0.29, 0.717) is 23.7 Å². The lowest BCUT2D eigenvalue weighted by molar-refractivity contribution is -0.143. The largest absolute Gasteiger partial charge is 0.465 e. The summed E-state index contributed by atoms with van der Waals surface area (Å²) in [6, 6.07) is 5.10. The third-order valence-electron chi connectivity index (χ3n) is 2.82. The van der Waals surface area contributed by atoms with Crippen molar-refractivity contribution < 1.29 is 14.3 Å². The van der Waals surface area contributed by atoms with Crippen LogP contribution in [0.5, 0.6) is 0 Å². The van der Waals surface area contributed by atoms with Gasteiger partial charge >= 0.3 is 5.97 Å². The van der Waals surface area contributed by atoms with Crippen LogP contribution >= 0.6 is 11.6 Å². The van der Waals surface area contributed by atoms with Gasteiger partial charge in [0.2, 0.25) is 0 Å². The Balaban J connectivity index is 2.90. The molecule has 4 nitrogen and oxygen atoms in total. The molecule has 1 aromatic carbocycles. The van der Waals surface area contributed by atoms with Crippen LogP contribution in [0.3, 0.4) is 0 Å². The van der Waals surface area contributed by atoms with Gasteiger partial charge in [-0.3, -0.25) is 9.59 Å². The summed E-state index contributed by atoms with van der Waals surface area (Å²) < 4.78 is 4.90. The summed E-state index contributed by atoms with van der Waals surface area (Å²) in [5.41, 5.74) is 1.36. The topological polar surface area (TPSA) is 46.6 Å². The van der Waals surface area contributed by atoms with Crippen LogP contribution in [0.1, 0.15) is 36.2 Å². The van der Waals surface area contributed by atoms with Crippen molar-refractivity contribution in [1.82, 2.24) is 4.90 Å². The summed E-state index contributed by atoms with van der Waals surface area (Å²) in [5.74, 6) is -0.560. The van der Waals surface area contributed by atoms with Crippen molar-refractivity contribution in [3.8, 4) is 0 Å². The highest BCUT2D eigenvalue weighted by Crippen LogP contribution is 2.17. The second-order valence-corrected chi connectivity index (χ2v) is 4.93. The van der Waals surface area contributed by atoms with E-state index in [4.69, 9.17) is 16.3 Å². The van der Waals surface area contributed by atoms with E-state index in [1.807, 2.05) is 13.8 Å². The molecule has 110 valence electrons. The lowest BCUT2D eigenvalue weighted by atomic mass is 10.1. The third kappa shape index (κ3) is 4.53. The van der Waals surface area contributed by atoms with E-state index in [1.54, 1.807) is 25.1 Å². The van der Waals surface area contributed by atoms with E-state index in [-0.39, 0.29) is 18.4 Å². The quantitative estimate of drug-likeness (QED) is 0.758. The maximum atomic E-state index is 12.5. The average molecular weight is 298 g/mol. The minimum Gasteiger partial charge on any atom is -0.465 e. The summed E-state index contributed by atoms with van der Waals surface area (Å²) in [4.78, 5) is 25.6. The summed E-state index contributed by atoms with van der Waals surface area (Å²) in [5, 5.41) is 0.589. The van der Waals surface area contributed by atoms with E-state index in [1.165, 1.54) is 4.90 Å². The van der Waals surface area contributed by atoms with E-state index in [2.05, 4.69) is 0 Å². The summed E-state index contributed by atoms with van der Waals surface area (Å²) in [6.45, 7) is 6.33. The number of esters is 1. The molecule has 0 bridgehead atoms. The molecule has 0 unspecified atom stereocenters. The third-order valence-corrected chi connectivity index (χ3v) is 3.06. The van der Waals surface area contributed by atoms with Gasteiger partial charge in [-0.05, 0) is 44.0 Å². The number of carbonyl (C=O) groups excluding carboxylic acids is 2. The van der Waals surface area contributed by atoms with E-state index >= 15 is 0 Å². The van der Waals surface area contributed by atoms with Crippen LogP contribution in [-0.4, -0.2) is 36.5 Å². The molecule has 20 heavy (non-hydrogen) atoms. The summed E-state index contributed by atoms with van der Waals surface area (Å²) >= 11 is 5.89. The van der Waals surface area contributed by atoms with E-state index in [0.717, 1.165) is 12.0 Å². The van der Waals surface area contributed by atoms with Crippen molar-refractivity contribution in [1.29, 1.82) is 0 Å². The predicted octanol–water partition coefficient (Wildman–Crippen LogP) is 3.06. The van der Waals surface area contributed by atoms with Gasteiger partial charge in [-0.25, -0.2) is 0 Å². The lowest BCUT2D eigenvalue weighted by Crippen LogP contribution is -2.37. The van der Waals surface area contributed by atoms with Crippen molar-refractivity contribution >= 4 is 23.5 Å². The molecule has 0 fully saturated rings. The zero-order chi connectivity index (χ0) is 15.1. The van der Waals surface area contributed by atoms with Gasteiger partial charge in [0.05, 0.1) is 6.61 Å². The Bertz CT molecular complexity index is 488. The number of nitrogens with zero attached hydrogens (tertiary/aromatic N) is 1. The maximum absolute atomic E-state index is 12.5. The zero-order valence-electron chi connectivity index (χ0n) is 12.1. The first-order chi connectivity index (χ1) is 9.49. The zero-order valence-corrected chi connectivity index (χ0v) is 12.9. The molecule has 0 radical (unpaired) electrons. The molecule has 1 amide bonds. The van der Waals surface area contributed by atoms with E-state index in [9.17, 15) is 9.59 Å². The molecule has 5 heteroatoms. The number of halogens is 1. The molecular weight excluding hydrogens is 278 g/mol. The smallest absolute Gasteiger partial charge is 0.325 e. The minimum absolute atomic E-state index is 0.0252. The molecule has 0 atom stereocenters. The Morgan fingerprint density at radius 2 is 2.00 bits per heavy atom. The van der Waals surface area contributed by atoms with Gasteiger partial charge in [0.25, 0.3) is 5.91 Å². The highest BCUT2D eigenvalue weighted by molar-refractivity contribution is 6.30. The maximum Gasteiger partial charge on any atom is 0.325 e. The van der Waals surface area contributed by atoms with Crippen molar-refractivity contribution in [2.45, 2.75) is 27.2 Å². The van der Waals surface area contributed by atoms with Gasteiger partial charge in [-0.2, -0.15) is 0 Å². The van der Waals surface area contributed by atoms with Crippen molar-refractivity contribution in [2.75, 3.05) is 19.7 Å². The number of hydrogen-bond acceptors (Lipinski definition) is 3. The Morgan fingerprint density at radius 3 is 2.55 bits per heavy atom. The number of ether oxygens (including phenoxy) is 1. The number of amides is 1. The van der Waals surface area contributed by atoms with Crippen LogP contribution in [0.25, 0.3) is 0 Å². The van der Waals surface area contributed by atoms with Gasteiger partial charge in [0, 0.05) is 17.1 Å². The highest BCUT2D eigenvalue weighted by atomic mass is 35.5. The fourth-order valence-electron chi connectivity index (χ4n) is 1.92. The Morgan fingerprint density at radius 1 is 1.30 bits per heavy atom. The molecule has 0 aromatic heterocycles. The van der Waals surface area contributed by atoms with Gasteiger partial charge in [0.15, 0.2) is 0 Å². The van der Waals surface area contributed by atoms with Crippen LogP contribution in [0.15, 0.2) is 18.2 Å². The monoisotopic (exact) mass is 297 g/mol. The van der Waals surface area contributed by atoms with E-state index < -0.39 is 0 Å². The molecule has 0 aliphatic carbocycles. The molecule has 0 heterocycles. The molecular formula is C15H20ClNO3. The first-order valence-corrected chi connectivity index (χ1v) is 7.08. The molecule has 1 rings (SSSR count). The van der Waals surface area contributed by atoms with Crippen LogP contribution in [-0.2, 0) is 9.53 Å². The van der Waals surface area contributed by atoms with Crippen LogP contribution in [0.4, 0.5) is 0 Å². The molecule has 1 aromatic rings. The Kier molecular flexibility index (Phi) is 6.52. The minimum atomic E-state index is -0.388. The van der Waals surface area contributed by atoms with Gasteiger partial charge < -0.3 is 9.64 Å². The highest BCUT2D eigenvalue weighted by Gasteiger charge is 2.20. The molecule has 0 aliphatic rings.